The van der Waals surface area contributed by atoms with Crippen molar-refractivity contribution in [3.05, 3.63) is 60.2 Å². The van der Waals surface area contributed by atoms with Crippen LogP contribution in [0, 0.1) is 0 Å². The molecule has 0 heterocycles. The summed E-state index contributed by atoms with van der Waals surface area (Å²) in [6.45, 7) is 3.26. The van der Waals surface area contributed by atoms with E-state index in [2.05, 4.69) is 5.16 Å². The molecule has 0 saturated heterocycles. The lowest BCUT2D eigenvalue weighted by molar-refractivity contribution is -0.140. The molecule has 0 N–H and O–H groups in total. The van der Waals surface area contributed by atoms with Crippen LogP contribution in [0.15, 0.2) is 69.5 Å². The summed E-state index contributed by atoms with van der Waals surface area (Å²) >= 11 is 0. The van der Waals surface area contributed by atoms with Gasteiger partial charge in [0, 0.05) is 6.92 Å². The van der Waals surface area contributed by atoms with E-state index in [1.807, 2.05) is 6.92 Å². The minimum atomic E-state index is -3.54. The Balaban J connectivity index is 2.32. The lowest BCUT2D eigenvalue weighted by Crippen LogP contribution is -2.06. The molecule has 5 nitrogen and oxygen atoms in total. The van der Waals surface area contributed by atoms with Crippen LogP contribution in [0.2, 0.25) is 0 Å². The Labute approximate surface area is 141 Å². The minimum absolute atomic E-state index is 0.209. The molecule has 0 aliphatic rings. The number of rotatable bonds is 6. The third-order valence-corrected chi connectivity index (χ3v) is 5.11. The smallest absolute Gasteiger partial charge is 0.318 e. The van der Waals surface area contributed by atoms with E-state index in [1.54, 1.807) is 42.5 Å². The van der Waals surface area contributed by atoms with E-state index < -0.39 is 15.8 Å². The molecule has 0 aromatic heterocycles. The summed E-state index contributed by atoms with van der Waals surface area (Å²) in [7, 11) is -3.54. The summed E-state index contributed by atoms with van der Waals surface area (Å²) in [6, 6.07) is 14.7. The molecule has 0 radical (unpaired) electrons. The van der Waals surface area contributed by atoms with Crippen LogP contribution in [0.3, 0.4) is 0 Å². The normalized spacial score (nSPS) is 12.0. The lowest BCUT2D eigenvalue weighted by atomic mass is 10.1. The standard InChI is InChI=1S/C18H19NO4S/c1-3-7-18(19-23-14(2)20)15-10-12-17(13-11-15)24(21,22)16-8-5-4-6-9-16/h4-6,8-13H,3,7H2,1-2H3. The lowest BCUT2D eigenvalue weighted by Gasteiger charge is -2.07. The van der Waals surface area contributed by atoms with E-state index in [9.17, 15) is 13.2 Å². The molecule has 0 fully saturated rings. The second-order valence-electron chi connectivity index (χ2n) is 5.21. The molecule has 0 amide bonds. The van der Waals surface area contributed by atoms with Gasteiger partial charge in [-0.15, -0.1) is 0 Å². The van der Waals surface area contributed by atoms with Crippen molar-refractivity contribution in [2.45, 2.75) is 36.5 Å². The molecule has 0 saturated carbocycles. The maximum absolute atomic E-state index is 12.6. The molecular formula is C18H19NO4S. The molecule has 24 heavy (non-hydrogen) atoms. The van der Waals surface area contributed by atoms with E-state index in [0.717, 1.165) is 12.0 Å². The number of carbonyl (C=O) groups excluding carboxylic acids is 1. The van der Waals surface area contributed by atoms with E-state index in [4.69, 9.17) is 4.84 Å². The van der Waals surface area contributed by atoms with Crippen LogP contribution in [0.25, 0.3) is 0 Å². The van der Waals surface area contributed by atoms with Gasteiger partial charge in [-0.1, -0.05) is 48.8 Å². The van der Waals surface area contributed by atoms with Gasteiger partial charge in [-0.2, -0.15) is 0 Å². The molecule has 6 heteroatoms. The number of benzene rings is 2. The number of carbonyl (C=O) groups is 1. The highest BCUT2D eigenvalue weighted by Gasteiger charge is 2.17. The van der Waals surface area contributed by atoms with Crippen LogP contribution in [0.4, 0.5) is 0 Å². The Morgan fingerprint density at radius 1 is 1.00 bits per heavy atom. The monoisotopic (exact) mass is 345 g/mol. The van der Waals surface area contributed by atoms with Gasteiger partial charge in [-0.05, 0) is 36.2 Å². The summed E-state index contributed by atoms with van der Waals surface area (Å²) in [4.78, 5) is 16.1. The molecule has 0 atom stereocenters. The minimum Gasteiger partial charge on any atom is -0.318 e. The maximum Gasteiger partial charge on any atom is 0.331 e. The molecule has 2 aromatic carbocycles. The molecule has 0 aliphatic carbocycles. The predicted molar refractivity (Wildman–Crippen MR) is 91.5 cm³/mol. The van der Waals surface area contributed by atoms with Gasteiger partial charge in [0.15, 0.2) is 0 Å². The van der Waals surface area contributed by atoms with Gasteiger partial charge in [0.2, 0.25) is 9.84 Å². The summed E-state index contributed by atoms with van der Waals surface area (Å²) < 4.78 is 25.1. The largest absolute Gasteiger partial charge is 0.331 e. The van der Waals surface area contributed by atoms with Crippen molar-refractivity contribution in [3.63, 3.8) is 0 Å². The average Bonchev–Trinajstić information content (AvgIpc) is 2.59. The van der Waals surface area contributed by atoms with E-state index >= 15 is 0 Å². The molecule has 2 aromatic rings. The van der Waals surface area contributed by atoms with Crippen LogP contribution >= 0.6 is 0 Å². The summed E-state index contributed by atoms with van der Waals surface area (Å²) in [6.07, 6.45) is 1.45. The Kier molecular flexibility index (Phi) is 5.87. The Hall–Kier alpha value is -2.47. The zero-order chi connectivity index (χ0) is 17.6. The first kappa shape index (κ1) is 17.9. The van der Waals surface area contributed by atoms with Gasteiger partial charge in [0.1, 0.15) is 0 Å². The van der Waals surface area contributed by atoms with Gasteiger partial charge in [0.25, 0.3) is 0 Å². The highest BCUT2D eigenvalue weighted by molar-refractivity contribution is 7.91. The molecule has 126 valence electrons. The van der Waals surface area contributed by atoms with Crippen LogP contribution in [-0.4, -0.2) is 20.1 Å². The summed E-state index contributed by atoms with van der Waals surface area (Å²) in [5.41, 5.74) is 1.33. The number of hydrogen-bond acceptors (Lipinski definition) is 5. The number of nitrogens with zero attached hydrogens (tertiary/aromatic N) is 1. The second-order valence-corrected chi connectivity index (χ2v) is 7.16. The first-order chi connectivity index (χ1) is 11.4. The van der Waals surface area contributed by atoms with Crippen LogP contribution < -0.4 is 0 Å². The summed E-state index contributed by atoms with van der Waals surface area (Å²) in [5.74, 6) is -0.494. The van der Waals surface area contributed by atoms with Crippen molar-refractivity contribution in [3.8, 4) is 0 Å². The van der Waals surface area contributed by atoms with Crippen molar-refractivity contribution < 1.29 is 18.0 Å². The highest BCUT2D eigenvalue weighted by Crippen LogP contribution is 2.21. The van der Waals surface area contributed by atoms with Crippen molar-refractivity contribution in [1.82, 2.24) is 0 Å². The second kappa shape index (κ2) is 7.88. The van der Waals surface area contributed by atoms with Gasteiger partial charge in [-0.3, -0.25) is 0 Å². The Morgan fingerprint density at radius 2 is 1.58 bits per heavy atom. The van der Waals surface area contributed by atoms with Crippen molar-refractivity contribution in [1.29, 1.82) is 0 Å². The van der Waals surface area contributed by atoms with E-state index in [1.165, 1.54) is 19.1 Å². The molecule has 0 aliphatic heterocycles. The predicted octanol–water partition coefficient (Wildman–Crippen LogP) is 3.59. The van der Waals surface area contributed by atoms with Gasteiger partial charge < -0.3 is 4.84 Å². The maximum atomic E-state index is 12.6. The number of oxime groups is 1. The first-order valence-corrected chi connectivity index (χ1v) is 9.08. The average molecular weight is 345 g/mol. The van der Waals surface area contributed by atoms with Crippen molar-refractivity contribution in [2.24, 2.45) is 5.16 Å². The third-order valence-electron chi connectivity index (χ3n) is 3.32. The SMILES string of the molecule is CCCC(=NOC(C)=O)c1ccc(S(=O)(=O)c2ccccc2)cc1. The summed E-state index contributed by atoms with van der Waals surface area (Å²) in [5, 5.41) is 3.85. The van der Waals surface area contributed by atoms with Gasteiger partial charge in [-0.25, -0.2) is 13.2 Å². The fourth-order valence-corrected chi connectivity index (χ4v) is 3.44. The van der Waals surface area contributed by atoms with E-state index in [0.29, 0.717) is 12.1 Å². The van der Waals surface area contributed by atoms with Crippen molar-refractivity contribution in [2.75, 3.05) is 0 Å². The Bertz CT molecular complexity index is 825. The van der Waals surface area contributed by atoms with Crippen LogP contribution in [-0.2, 0) is 19.5 Å². The molecule has 0 unspecified atom stereocenters. The van der Waals surface area contributed by atoms with Crippen molar-refractivity contribution >= 4 is 21.5 Å². The highest BCUT2D eigenvalue weighted by atomic mass is 32.2. The number of sulfone groups is 1. The van der Waals surface area contributed by atoms with E-state index in [-0.39, 0.29) is 9.79 Å². The fraction of sp³-hybridized carbons (Fsp3) is 0.222. The third kappa shape index (κ3) is 4.29. The quantitative estimate of drug-likeness (QED) is 0.456. The topological polar surface area (TPSA) is 72.8 Å². The molecular weight excluding hydrogens is 326 g/mol. The fourth-order valence-electron chi connectivity index (χ4n) is 2.16. The Morgan fingerprint density at radius 3 is 2.12 bits per heavy atom. The van der Waals surface area contributed by atoms with Crippen LogP contribution in [0.1, 0.15) is 32.3 Å². The van der Waals surface area contributed by atoms with Gasteiger partial charge >= 0.3 is 5.97 Å². The number of hydrogen-bond donors (Lipinski definition) is 0. The zero-order valence-electron chi connectivity index (χ0n) is 13.6. The molecule has 2 rings (SSSR count). The molecule has 0 bridgehead atoms. The van der Waals surface area contributed by atoms with Crippen LogP contribution in [0.5, 0.6) is 0 Å². The first-order valence-electron chi connectivity index (χ1n) is 7.60. The molecule has 0 spiro atoms. The van der Waals surface area contributed by atoms with Gasteiger partial charge in [0.05, 0.1) is 15.5 Å². The zero-order valence-corrected chi connectivity index (χ0v) is 14.4.